The molecule has 0 aliphatic heterocycles. The van der Waals surface area contributed by atoms with Crippen LogP contribution in [0.25, 0.3) is 0 Å². The maximum absolute atomic E-state index is 10.5. The zero-order chi connectivity index (χ0) is 7.49. The summed E-state index contributed by atoms with van der Waals surface area (Å²) in [4.78, 5) is 10.5. The van der Waals surface area contributed by atoms with Gasteiger partial charge in [0, 0.05) is 6.08 Å². The summed E-state index contributed by atoms with van der Waals surface area (Å²) >= 11 is 0. The number of esters is 1. The third-order valence-corrected chi connectivity index (χ3v) is 0.573. The molecule has 3 heteroatoms. The molecule has 0 aromatic rings. The Hall–Kier alpha value is -0.193. The van der Waals surface area contributed by atoms with Gasteiger partial charge in [-0.3, -0.25) is 0 Å². The van der Waals surface area contributed by atoms with E-state index in [9.17, 15) is 4.79 Å². The Morgan fingerprint density at radius 2 is 1.90 bits per heavy atom. The number of hydrogen-bond donors (Lipinski definition) is 0. The minimum absolute atomic E-state index is 0. The van der Waals surface area contributed by atoms with Gasteiger partial charge in [0.2, 0.25) is 0 Å². The molecule has 0 aromatic carbocycles. The van der Waals surface area contributed by atoms with Crippen molar-refractivity contribution in [3.05, 3.63) is 12.7 Å². The topological polar surface area (TPSA) is 26.3 Å². The normalized spacial score (nSPS) is 9.50. The van der Waals surface area contributed by atoms with Gasteiger partial charge in [-0.05, 0) is 20.8 Å². The summed E-state index contributed by atoms with van der Waals surface area (Å²) in [6.07, 6.45) is 1.16. The van der Waals surface area contributed by atoms with Crippen LogP contribution in [0.5, 0.6) is 0 Å². The SMILES string of the molecule is C=CC(=O)OC(C)(C)C.[LiH]. The molecule has 0 N–H and O–H groups in total. The Morgan fingerprint density at radius 1 is 1.50 bits per heavy atom. The molecule has 0 fully saturated rings. The van der Waals surface area contributed by atoms with E-state index in [1.807, 2.05) is 20.8 Å². The molecule has 0 amide bonds. The van der Waals surface area contributed by atoms with Gasteiger partial charge >= 0.3 is 24.8 Å². The number of carbonyl (C=O) groups excluding carboxylic acids is 1. The first-order valence-electron chi connectivity index (χ1n) is 2.81. The van der Waals surface area contributed by atoms with Gasteiger partial charge in [0.25, 0.3) is 0 Å². The second kappa shape index (κ2) is 4.60. The fourth-order valence-electron chi connectivity index (χ4n) is 0.343. The van der Waals surface area contributed by atoms with Gasteiger partial charge in [-0.25, -0.2) is 4.79 Å². The molecule has 0 radical (unpaired) electrons. The predicted molar refractivity (Wildman–Crippen MR) is 43.2 cm³/mol. The van der Waals surface area contributed by atoms with Crippen molar-refractivity contribution in [2.24, 2.45) is 0 Å². The molecule has 0 aliphatic rings. The summed E-state index contributed by atoms with van der Waals surface area (Å²) < 4.78 is 4.83. The summed E-state index contributed by atoms with van der Waals surface area (Å²) in [7, 11) is 0. The molecule has 10 heavy (non-hydrogen) atoms. The van der Waals surface area contributed by atoms with Crippen molar-refractivity contribution in [1.82, 2.24) is 0 Å². The molecule has 0 saturated carbocycles. The molecule has 0 unspecified atom stereocenters. The van der Waals surface area contributed by atoms with Gasteiger partial charge in [0.15, 0.2) is 0 Å². The summed E-state index contributed by atoms with van der Waals surface area (Å²) in [6, 6.07) is 0. The van der Waals surface area contributed by atoms with Gasteiger partial charge < -0.3 is 4.74 Å². The molecule has 0 spiro atoms. The fraction of sp³-hybridized carbons (Fsp3) is 0.571. The Bertz CT molecular complexity index is 124. The standard InChI is InChI=1S/C7H12O2.Li.H/c1-5-6(8)9-7(2,3)4;;/h5H,1H2,2-4H3;;. The maximum atomic E-state index is 10.5. The van der Waals surface area contributed by atoms with Crippen LogP contribution in [0.2, 0.25) is 0 Å². The van der Waals surface area contributed by atoms with Crippen molar-refractivity contribution in [2.75, 3.05) is 0 Å². The Kier molecular flexibility index (Phi) is 5.74. The van der Waals surface area contributed by atoms with Gasteiger partial charge in [-0.1, -0.05) is 6.58 Å². The van der Waals surface area contributed by atoms with Crippen molar-refractivity contribution in [2.45, 2.75) is 26.4 Å². The van der Waals surface area contributed by atoms with E-state index in [1.165, 1.54) is 0 Å². The molecular weight excluding hydrogens is 123 g/mol. The Morgan fingerprint density at radius 3 is 2.00 bits per heavy atom. The third kappa shape index (κ3) is 7.81. The minimum atomic E-state index is -0.398. The van der Waals surface area contributed by atoms with Crippen molar-refractivity contribution in [1.29, 1.82) is 0 Å². The summed E-state index contributed by atoms with van der Waals surface area (Å²) in [5.74, 6) is -0.373. The number of ether oxygens (including phenoxy) is 1. The summed E-state index contributed by atoms with van der Waals surface area (Å²) in [6.45, 7) is 8.71. The molecule has 54 valence electrons. The van der Waals surface area contributed by atoms with E-state index in [0.29, 0.717) is 0 Å². The van der Waals surface area contributed by atoms with E-state index >= 15 is 0 Å². The van der Waals surface area contributed by atoms with Crippen LogP contribution in [0, 0.1) is 0 Å². The van der Waals surface area contributed by atoms with Gasteiger partial charge in [0.1, 0.15) is 5.60 Å². The van der Waals surface area contributed by atoms with Crippen LogP contribution in [0.3, 0.4) is 0 Å². The van der Waals surface area contributed by atoms with Crippen molar-refractivity contribution in [3.8, 4) is 0 Å². The number of carbonyl (C=O) groups is 1. The van der Waals surface area contributed by atoms with Gasteiger partial charge in [-0.2, -0.15) is 0 Å². The first kappa shape index (κ1) is 12.5. The van der Waals surface area contributed by atoms with E-state index in [2.05, 4.69) is 6.58 Å². The van der Waals surface area contributed by atoms with Crippen LogP contribution >= 0.6 is 0 Å². The Balaban J connectivity index is 0. The molecule has 2 nitrogen and oxygen atoms in total. The Labute approximate surface area is 73.8 Å². The van der Waals surface area contributed by atoms with E-state index < -0.39 is 5.60 Å². The average molecular weight is 136 g/mol. The molecule has 0 rings (SSSR count). The fourth-order valence-corrected chi connectivity index (χ4v) is 0.343. The third-order valence-electron chi connectivity index (χ3n) is 0.573. The summed E-state index contributed by atoms with van der Waals surface area (Å²) in [5.41, 5.74) is -0.398. The van der Waals surface area contributed by atoms with Gasteiger partial charge in [-0.15, -0.1) is 0 Å². The molecule has 0 bridgehead atoms. The van der Waals surface area contributed by atoms with Crippen LogP contribution in [0.15, 0.2) is 12.7 Å². The van der Waals surface area contributed by atoms with Gasteiger partial charge in [0.05, 0.1) is 0 Å². The second-order valence-corrected chi connectivity index (χ2v) is 2.74. The quantitative estimate of drug-likeness (QED) is 0.303. The molecule has 0 heterocycles. The van der Waals surface area contributed by atoms with Crippen LogP contribution in [0.1, 0.15) is 20.8 Å². The van der Waals surface area contributed by atoms with E-state index in [1.54, 1.807) is 0 Å². The molecule has 0 aliphatic carbocycles. The predicted octanol–water partition coefficient (Wildman–Crippen LogP) is 0.866. The van der Waals surface area contributed by atoms with Crippen LogP contribution in [-0.2, 0) is 9.53 Å². The first-order chi connectivity index (χ1) is 3.95. The zero-order valence-electron chi connectivity index (χ0n) is 6.10. The molecule has 0 aromatic heterocycles. The van der Waals surface area contributed by atoms with E-state index in [0.717, 1.165) is 6.08 Å². The molecular formula is C7H13LiO2. The van der Waals surface area contributed by atoms with Crippen LogP contribution < -0.4 is 0 Å². The van der Waals surface area contributed by atoms with E-state index in [4.69, 9.17) is 4.74 Å². The van der Waals surface area contributed by atoms with Crippen molar-refractivity contribution in [3.63, 3.8) is 0 Å². The second-order valence-electron chi connectivity index (χ2n) is 2.74. The molecule has 0 saturated heterocycles. The average Bonchev–Trinajstić information content (AvgIpc) is 1.62. The van der Waals surface area contributed by atoms with Crippen molar-refractivity contribution < 1.29 is 9.53 Å². The summed E-state index contributed by atoms with van der Waals surface area (Å²) in [5, 5.41) is 0. The number of rotatable bonds is 1. The monoisotopic (exact) mass is 136 g/mol. The molecule has 0 atom stereocenters. The van der Waals surface area contributed by atoms with Crippen LogP contribution in [-0.4, -0.2) is 30.4 Å². The number of hydrogen-bond acceptors (Lipinski definition) is 2. The first-order valence-corrected chi connectivity index (χ1v) is 2.81. The van der Waals surface area contributed by atoms with Crippen LogP contribution in [0.4, 0.5) is 0 Å². The van der Waals surface area contributed by atoms with Crippen molar-refractivity contribution >= 4 is 24.8 Å². The zero-order valence-corrected chi connectivity index (χ0v) is 6.10. The van der Waals surface area contributed by atoms with E-state index in [-0.39, 0.29) is 24.8 Å².